The Kier molecular flexibility index (Phi) is 7.16. The van der Waals surface area contributed by atoms with Gasteiger partial charge < -0.3 is 18.9 Å². The van der Waals surface area contributed by atoms with Crippen LogP contribution in [0.3, 0.4) is 0 Å². The van der Waals surface area contributed by atoms with Crippen molar-refractivity contribution in [1.29, 1.82) is 5.41 Å². The Morgan fingerprint density at radius 2 is 1.30 bits per heavy atom. The summed E-state index contributed by atoms with van der Waals surface area (Å²) in [6.45, 7) is 4.20. The third-order valence-electron chi connectivity index (χ3n) is 7.44. The Morgan fingerprint density at radius 3 is 1.89 bits per heavy atom. The molecular formula is C30H34N2O5. The van der Waals surface area contributed by atoms with Gasteiger partial charge in [-0.25, -0.2) is 0 Å². The number of carbonyl (C=O) groups is 1. The van der Waals surface area contributed by atoms with Gasteiger partial charge in [-0.05, 0) is 61.2 Å². The molecule has 1 saturated heterocycles. The predicted molar refractivity (Wildman–Crippen MR) is 143 cm³/mol. The summed E-state index contributed by atoms with van der Waals surface area (Å²) in [7, 11) is 6.37. The van der Waals surface area contributed by atoms with Gasteiger partial charge in [0.1, 0.15) is 5.84 Å². The molecule has 0 saturated carbocycles. The summed E-state index contributed by atoms with van der Waals surface area (Å²) in [5.41, 5.74) is 0.692. The Hall–Kier alpha value is -4.00. The van der Waals surface area contributed by atoms with Gasteiger partial charge in [0, 0.05) is 6.54 Å². The van der Waals surface area contributed by atoms with Gasteiger partial charge in [-0.3, -0.25) is 15.1 Å². The summed E-state index contributed by atoms with van der Waals surface area (Å²) in [5.74, 6) is 2.56. The van der Waals surface area contributed by atoms with E-state index in [2.05, 4.69) is 0 Å². The summed E-state index contributed by atoms with van der Waals surface area (Å²) >= 11 is 0. The first-order valence-corrected chi connectivity index (χ1v) is 12.2. The molecule has 1 N–H and O–H groups in total. The average Bonchev–Trinajstić information content (AvgIpc) is 3.08. The normalized spacial score (nSPS) is 18.6. The van der Waals surface area contributed by atoms with Crippen LogP contribution in [0.15, 0.2) is 66.7 Å². The van der Waals surface area contributed by atoms with E-state index in [0.717, 1.165) is 16.7 Å². The van der Waals surface area contributed by atoms with E-state index in [0.29, 0.717) is 36.0 Å². The third kappa shape index (κ3) is 4.08. The molecule has 1 atom stereocenters. The van der Waals surface area contributed by atoms with Crippen molar-refractivity contribution in [2.24, 2.45) is 5.41 Å². The summed E-state index contributed by atoms with van der Waals surface area (Å²) in [6, 6.07) is 21.2. The minimum atomic E-state index is -1.03. The molecule has 1 aliphatic rings. The average molecular weight is 503 g/mol. The van der Waals surface area contributed by atoms with Gasteiger partial charge in [0.15, 0.2) is 23.0 Å². The quantitative estimate of drug-likeness (QED) is 0.441. The van der Waals surface area contributed by atoms with E-state index in [4.69, 9.17) is 18.9 Å². The molecule has 1 unspecified atom stereocenters. The Bertz CT molecular complexity index is 1300. The zero-order chi connectivity index (χ0) is 26.8. The molecular weight excluding hydrogens is 468 g/mol. The highest BCUT2D eigenvalue weighted by Gasteiger charge is 2.63. The van der Waals surface area contributed by atoms with Gasteiger partial charge in [-0.2, -0.15) is 0 Å². The second-order valence-corrected chi connectivity index (χ2v) is 9.56. The topological polar surface area (TPSA) is 81.1 Å². The smallest absolute Gasteiger partial charge is 0.235 e. The number of ether oxygens (including phenoxy) is 4. The van der Waals surface area contributed by atoms with E-state index in [9.17, 15) is 10.2 Å². The number of amides is 1. The first-order valence-electron chi connectivity index (χ1n) is 12.2. The van der Waals surface area contributed by atoms with Crippen LogP contribution in [0.25, 0.3) is 0 Å². The fourth-order valence-corrected chi connectivity index (χ4v) is 5.51. The van der Waals surface area contributed by atoms with Crippen molar-refractivity contribution in [2.45, 2.75) is 25.7 Å². The zero-order valence-electron chi connectivity index (χ0n) is 22.3. The lowest BCUT2D eigenvalue weighted by molar-refractivity contribution is -0.134. The summed E-state index contributed by atoms with van der Waals surface area (Å²) < 4.78 is 21.9. The monoisotopic (exact) mass is 502 g/mol. The maximum atomic E-state index is 14.0. The maximum absolute atomic E-state index is 14.0. The van der Waals surface area contributed by atoms with Crippen LogP contribution in [0.5, 0.6) is 23.0 Å². The number of likely N-dealkylation sites (tertiary alicyclic amines) is 1. The Balaban J connectivity index is 1.80. The number of rotatable bonds is 9. The van der Waals surface area contributed by atoms with E-state index in [-0.39, 0.29) is 11.7 Å². The second kappa shape index (κ2) is 10.2. The van der Waals surface area contributed by atoms with Crippen LogP contribution in [0.4, 0.5) is 0 Å². The first kappa shape index (κ1) is 26.1. The van der Waals surface area contributed by atoms with Crippen molar-refractivity contribution < 1.29 is 23.7 Å². The van der Waals surface area contributed by atoms with Crippen molar-refractivity contribution in [3.05, 3.63) is 83.4 Å². The Labute approximate surface area is 218 Å². The minimum Gasteiger partial charge on any atom is -0.493 e. The molecule has 1 fully saturated rings. The zero-order valence-corrected chi connectivity index (χ0v) is 22.3. The van der Waals surface area contributed by atoms with Crippen LogP contribution >= 0.6 is 0 Å². The van der Waals surface area contributed by atoms with Crippen LogP contribution in [0, 0.1) is 10.8 Å². The van der Waals surface area contributed by atoms with Crippen molar-refractivity contribution in [1.82, 2.24) is 4.90 Å². The molecule has 0 bridgehead atoms. The highest BCUT2D eigenvalue weighted by molar-refractivity contribution is 6.15. The lowest BCUT2D eigenvalue weighted by Gasteiger charge is -2.39. The van der Waals surface area contributed by atoms with E-state index >= 15 is 0 Å². The van der Waals surface area contributed by atoms with Gasteiger partial charge in [-0.1, -0.05) is 42.5 Å². The number of nitrogens with one attached hydrogen (secondary N) is 1. The molecule has 0 spiro atoms. The minimum absolute atomic E-state index is 0.100. The number of amidine groups is 1. The van der Waals surface area contributed by atoms with Crippen LogP contribution in [0.2, 0.25) is 0 Å². The molecule has 37 heavy (non-hydrogen) atoms. The molecule has 7 nitrogen and oxygen atoms in total. The van der Waals surface area contributed by atoms with E-state index < -0.39 is 10.8 Å². The highest BCUT2D eigenvalue weighted by Crippen LogP contribution is 2.55. The number of methoxy groups -OCH3 is 4. The molecule has 3 aromatic carbocycles. The van der Waals surface area contributed by atoms with Crippen LogP contribution in [0.1, 0.15) is 30.5 Å². The standard InChI is InChI=1S/C30H34N2O5/c1-29(2)28(33)32(17-16-20-12-14-23(34-3)25(18-20)36-5)27(31)30(29,21-10-8-7-9-11-21)22-13-15-24(35-4)26(19-22)37-6/h7-15,18-19,31H,16-17H2,1-6H3. The molecule has 4 rings (SSSR count). The maximum Gasteiger partial charge on any atom is 0.235 e. The lowest BCUT2D eigenvalue weighted by Crippen LogP contribution is -2.46. The van der Waals surface area contributed by atoms with Crippen LogP contribution < -0.4 is 18.9 Å². The molecule has 194 valence electrons. The van der Waals surface area contributed by atoms with Gasteiger partial charge in [0.2, 0.25) is 5.91 Å². The van der Waals surface area contributed by atoms with Crippen molar-refractivity contribution in [2.75, 3.05) is 35.0 Å². The van der Waals surface area contributed by atoms with Gasteiger partial charge in [-0.15, -0.1) is 0 Å². The van der Waals surface area contributed by atoms with Gasteiger partial charge in [0.25, 0.3) is 0 Å². The molecule has 3 aromatic rings. The molecule has 1 amide bonds. The fourth-order valence-electron chi connectivity index (χ4n) is 5.51. The number of nitrogens with zero attached hydrogens (tertiary/aromatic N) is 1. The van der Waals surface area contributed by atoms with E-state index in [1.54, 1.807) is 33.3 Å². The van der Waals surface area contributed by atoms with E-state index in [1.807, 2.05) is 80.6 Å². The van der Waals surface area contributed by atoms with Gasteiger partial charge in [0.05, 0.1) is 39.3 Å². The summed E-state index contributed by atoms with van der Waals surface area (Å²) in [5, 5.41) is 9.49. The molecule has 0 aliphatic carbocycles. The number of carbonyl (C=O) groups excluding carboxylic acids is 1. The van der Waals surface area contributed by atoms with Crippen molar-refractivity contribution >= 4 is 11.7 Å². The second-order valence-electron chi connectivity index (χ2n) is 9.56. The first-order chi connectivity index (χ1) is 17.8. The fraction of sp³-hybridized carbons (Fsp3) is 0.333. The molecule has 7 heteroatoms. The molecule has 1 heterocycles. The van der Waals surface area contributed by atoms with E-state index in [1.165, 1.54) is 0 Å². The van der Waals surface area contributed by atoms with Crippen LogP contribution in [-0.4, -0.2) is 51.6 Å². The molecule has 0 aromatic heterocycles. The highest BCUT2D eigenvalue weighted by atomic mass is 16.5. The number of benzene rings is 3. The predicted octanol–water partition coefficient (Wildman–Crippen LogP) is 5.10. The SMILES string of the molecule is COc1ccc(CCN2C(=N)C(c3ccccc3)(c3ccc(OC)c(OC)c3)C(C)(C)C2=O)cc1OC. The van der Waals surface area contributed by atoms with Gasteiger partial charge >= 0.3 is 0 Å². The lowest BCUT2D eigenvalue weighted by atomic mass is 9.59. The number of hydrogen-bond acceptors (Lipinski definition) is 6. The van der Waals surface area contributed by atoms with Crippen LogP contribution in [-0.2, 0) is 16.6 Å². The molecule has 1 aliphatic heterocycles. The number of hydrogen-bond donors (Lipinski definition) is 1. The van der Waals surface area contributed by atoms with Crippen molar-refractivity contribution in [3.63, 3.8) is 0 Å². The third-order valence-corrected chi connectivity index (χ3v) is 7.44. The van der Waals surface area contributed by atoms with Crippen molar-refractivity contribution in [3.8, 4) is 23.0 Å². The summed E-state index contributed by atoms with van der Waals surface area (Å²) in [4.78, 5) is 15.6. The summed E-state index contributed by atoms with van der Waals surface area (Å²) in [6.07, 6.45) is 0.557. The Morgan fingerprint density at radius 1 is 0.730 bits per heavy atom. The largest absolute Gasteiger partial charge is 0.493 e. The molecule has 0 radical (unpaired) electrons.